The van der Waals surface area contributed by atoms with Crippen LogP contribution in [0.25, 0.3) is 0 Å². The normalized spacial score (nSPS) is 52.1. The second kappa shape index (κ2) is 8.28. The van der Waals surface area contributed by atoms with Crippen LogP contribution < -0.4 is 0 Å². The zero-order valence-corrected chi connectivity index (χ0v) is 23.9. The van der Waals surface area contributed by atoms with E-state index in [1.807, 2.05) is 6.92 Å². The second-order valence-corrected chi connectivity index (χ2v) is 13.8. The Hall–Kier alpha value is -2.00. The average molecular weight is 542 g/mol. The minimum absolute atomic E-state index is 0.0694. The summed E-state index contributed by atoms with van der Waals surface area (Å²) in [6.07, 6.45) is 1.73. The first-order valence-corrected chi connectivity index (χ1v) is 14.4. The third-order valence-corrected chi connectivity index (χ3v) is 12.1. The number of esters is 2. The van der Waals surface area contributed by atoms with E-state index in [0.29, 0.717) is 43.4 Å². The van der Waals surface area contributed by atoms with E-state index >= 15 is 0 Å². The van der Waals surface area contributed by atoms with Crippen molar-refractivity contribution in [2.45, 2.75) is 96.4 Å². The largest absolute Gasteiger partial charge is 0.455 e. The highest BCUT2D eigenvalue weighted by Crippen LogP contribution is 2.84. The number of piperidine rings is 1. The summed E-state index contributed by atoms with van der Waals surface area (Å²) in [6.45, 7) is 13.9. The average Bonchev–Trinajstić information content (AvgIpc) is 3.14. The van der Waals surface area contributed by atoms with Gasteiger partial charge < -0.3 is 29.7 Å². The Kier molecular flexibility index (Phi) is 5.77. The Morgan fingerprint density at radius 2 is 1.62 bits per heavy atom. The zero-order valence-electron chi connectivity index (χ0n) is 23.9. The number of aliphatic hydroxyl groups is 3. The van der Waals surface area contributed by atoms with E-state index in [1.54, 1.807) is 39.8 Å². The van der Waals surface area contributed by atoms with Crippen LogP contribution in [0.15, 0.2) is 35.5 Å². The van der Waals surface area contributed by atoms with Crippen LogP contribution in [0.2, 0.25) is 0 Å². The first-order valence-electron chi connectivity index (χ1n) is 14.4. The van der Waals surface area contributed by atoms with Crippen LogP contribution in [0.4, 0.5) is 0 Å². The molecule has 5 aliphatic carbocycles. The monoisotopic (exact) mass is 541 g/mol. The van der Waals surface area contributed by atoms with Gasteiger partial charge in [0.05, 0.1) is 12.2 Å². The number of likely N-dealkylation sites (tertiary alicyclic amines) is 1. The highest BCUT2D eigenvalue weighted by atomic mass is 16.6. The van der Waals surface area contributed by atoms with Crippen molar-refractivity contribution in [2.75, 3.05) is 13.6 Å². The molecule has 6 fully saturated rings. The number of carbonyl (C=O) groups excluding carboxylic acids is 2. The van der Waals surface area contributed by atoms with Gasteiger partial charge in [0, 0.05) is 46.4 Å². The second-order valence-electron chi connectivity index (χ2n) is 13.8. The number of rotatable bonds is 4. The van der Waals surface area contributed by atoms with Gasteiger partial charge in [-0.1, -0.05) is 31.2 Å². The van der Waals surface area contributed by atoms with E-state index in [0.717, 1.165) is 5.57 Å². The molecule has 1 heterocycles. The van der Waals surface area contributed by atoms with Gasteiger partial charge in [0.2, 0.25) is 0 Å². The third-order valence-electron chi connectivity index (χ3n) is 12.1. The van der Waals surface area contributed by atoms with E-state index < -0.39 is 64.1 Å². The molecule has 39 heavy (non-hydrogen) atoms. The summed E-state index contributed by atoms with van der Waals surface area (Å²) in [5, 5.41) is 36.1. The summed E-state index contributed by atoms with van der Waals surface area (Å²) in [5.41, 5.74) is -1.88. The molecule has 8 nitrogen and oxygen atoms in total. The van der Waals surface area contributed by atoms with E-state index in [9.17, 15) is 24.9 Å². The summed E-state index contributed by atoms with van der Waals surface area (Å²) < 4.78 is 12.6. The number of hydrogen-bond donors (Lipinski definition) is 3. The fourth-order valence-electron chi connectivity index (χ4n) is 11.1. The Morgan fingerprint density at radius 1 is 1.03 bits per heavy atom. The lowest BCUT2D eigenvalue weighted by atomic mass is 9.38. The molecule has 2 spiro atoms. The molecule has 1 saturated heterocycles. The van der Waals surface area contributed by atoms with Gasteiger partial charge in [0.15, 0.2) is 0 Å². The lowest BCUT2D eigenvalue weighted by Gasteiger charge is -2.72. The lowest BCUT2D eigenvalue weighted by Crippen LogP contribution is -2.82. The zero-order chi connectivity index (χ0) is 28.4. The summed E-state index contributed by atoms with van der Waals surface area (Å²) >= 11 is 0. The van der Waals surface area contributed by atoms with Crippen molar-refractivity contribution in [1.29, 1.82) is 0 Å². The molecule has 0 aromatic rings. The lowest BCUT2D eigenvalue weighted by molar-refractivity contribution is -0.342. The van der Waals surface area contributed by atoms with Gasteiger partial charge in [-0.3, -0.25) is 0 Å². The van der Waals surface area contributed by atoms with Gasteiger partial charge in [-0.15, -0.1) is 0 Å². The summed E-state index contributed by atoms with van der Waals surface area (Å²) in [6, 6.07) is -0.201. The van der Waals surface area contributed by atoms with Gasteiger partial charge in [-0.05, 0) is 71.8 Å². The SMILES string of the molecule is C=C1C[C@]23C[C@H](O)[C@@]4(O)C56C[C@@H](O)C[C@@]4(C)CN(C)[C@@H]5[C@@H]2[C@H]1[C@@H](OC(=O)/C(C)=C/C)[C@@H](OC(=O)/C(C)=C/C)[C@@H]63. The maximum absolute atomic E-state index is 13.4. The Bertz CT molecular complexity index is 1210. The summed E-state index contributed by atoms with van der Waals surface area (Å²) in [4.78, 5) is 28.9. The molecule has 5 saturated carbocycles. The minimum atomic E-state index is -1.50. The molecular weight excluding hydrogens is 498 g/mol. The maximum atomic E-state index is 13.4. The van der Waals surface area contributed by atoms with Crippen molar-refractivity contribution in [3.8, 4) is 0 Å². The molecule has 0 aromatic heterocycles. The number of aliphatic hydroxyl groups excluding tert-OH is 2. The summed E-state index contributed by atoms with van der Waals surface area (Å²) in [5.74, 6) is -1.76. The van der Waals surface area contributed by atoms with E-state index in [4.69, 9.17) is 9.47 Å². The number of allylic oxidation sites excluding steroid dienone is 2. The maximum Gasteiger partial charge on any atom is 0.333 e. The molecule has 1 aliphatic heterocycles. The van der Waals surface area contributed by atoms with Crippen LogP contribution in [0.1, 0.15) is 60.3 Å². The van der Waals surface area contributed by atoms with Crippen LogP contribution in [0, 0.1) is 34.0 Å². The number of carbonyl (C=O) groups is 2. The van der Waals surface area contributed by atoms with Gasteiger partial charge in [-0.2, -0.15) is 0 Å². The molecule has 0 amide bonds. The van der Waals surface area contributed by atoms with Crippen LogP contribution in [0.3, 0.4) is 0 Å². The predicted octanol–water partition coefficient (Wildman–Crippen LogP) is 2.52. The molecule has 12 atom stereocenters. The van der Waals surface area contributed by atoms with Gasteiger partial charge in [0.1, 0.15) is 17.8 Å². The molecule has 6 bridgehead atoms. The van der Waals surface area contributed by atoms with Crippen molar-refractivity contribution in [3.05, 3.63) is 35.5 Å². The topological polar surface area (TPSA) is 117 Å². The molecule has 8 heteroatoms. The van der Waals surface area contributed by atoms with Gasteiger partial charge in [-0.25, -0.2) is 9.59 Å². The van der Waals surface area contributed by atoms with Crippen LogP contribution in [-0.2, 0) is 19.1 Å². The quantitative estimate of drug-likeness (QED) is 0.283. The smallest absolute Gasteiger partial charge is 0.333 e. The molecule has 3 N–H and O–H groups in total. The van der Waals surface area contributed by atoms with Crippen LogP contribution in [0.5, 0.6) is 0 Å². The fraction of sp³-hybridized carbons (Fsp3) is 0.742. The molecule has 6 aliphatic rings. The van der Waals surface area contributed by atoms with Crippen molar-refractivity contribution >= 4 is 11.9 Å². The summed E-state index contributed by atoms with van der Waals surface area (Å²) in [7, 11) is 2.07. The molecular formula is C31H43NO7. The number of hydrogen-bond acceptors (Lipinski definition) is 8. The van der Waals surface area contributed by atoms with Crippen molar-refractivity contribution in [3.63, 3.8) is 0 Å². The first-order chi connectivity index (χ1) is 18.2. The Morgan fingerprint density at radius 3 is 2.21 bits per heavy atom. The minimum Gasteiger partial charge on any atom is -0.455 e. The Labute approximate surface area is 230 Å². The van der Waals surface area contributed by atoms with Crippen molar-refractivity contribution < 1.29 is 34.4 Å². The number of ether oxygens (including phenoxy) is 2. The van der Waals surface area contributed by atoms with E-state index in [-0.39, 0.29) is 17.9 Å². The van der Waals surface area contributed by atoms with E-state index in [2.05, 4.69) is 18.5 Å². The highest BCUT2D eigenvalue weighted by Gasteiger charge is 2.90. The van der Waals surface area contributed by atoms with Crippen molar-refractivity contribution in [2.24, 2.45) is 34.0 Å². The first kappa shape index (κ1) is 27.2. The third kappa shape index (κ3) is 2.94. The van der Waals surface area contributed by atoms with Crippen LogP contribution in [-0.4, -0.2) is 81.8 Å². The predicted molar refractivity (Wildman–Crippen MR) is 143 cm³/mol. The highest BCUT2D eigenvalue weighted by molar-refractivity contribution is 5.89. The van der Waals surface area contributed by atoms with Gasteiger partial charge in [0.25, 0.3) is 0 Å². The fourth-order valence-corrected chi connectivity index (χ4v) is 11.1. The Balaban J connectivity index is 1.61. The standard InChI is InChI=1S/C31H43NO7/c1-8-15(3)26(35)38-22-20-17(5)10-29-13-19(34)31(37)28(6)11-18(33)12-30(31,25(21(20)29)32(7)14-28)24(29)23(22)39-27(36)16(4)9-2/h8-9,18-25,33-34,37H,5,10-14H2,1-4,6-7H3/b15-8+,16-9+/t18-,19-,20-,21-,22+,23+,24+,25+,28-,29-,30?,31-/m0/s1. The molecule has 0 radical (unpaired) electrons. The van der Waals surface area contributed by atoms with Crippen LogP contribution >= 0.6 is 0 Å². The molecule has 0 aromatic carbocycles. The molecule has 1 unspecified atom stereocenters. The van der Waals surface area contributed by atoms with Gasteiger partial charge >= 0.3 is 11.9 Å². The molecule has 214 valence electrons. The van der Waals surface area contributed by atoms with E-state index in [1.165, 1.54) is 0 Å². The molecule has 6 rings (SSSR count). The number of nitrogens with zero attached hydrogens (tertiary/aromatic N) is 1. The van der Waals surface area contributed by atoms with Crippen molar-refractivity contribution in [1.82, 2.24) is 4.90 Å².